The fourth-order valence-corrected chi connectivity index (χ4v) is 2.08. The Hall–Kier alpha value is -2.07. The van der Waals surface area contributed by atoms with Crippen molar-refractivity contribution in [2.45, 2.75) is 17.3 Å². The van der Waals surface area contributed by atoms with Gasteiger partial charge in [0, 0.05) is 0 Å². The molecule has 6 nitrogen and oxygen atoms in total. The fraction of sp³-hybridized carbons (Fsp3) is 0.273. The van der Waals surface area contributed by atoms with Gasteiger partial charge in [0.05, 0.1) is 18.4 Å². The Morgan fingerprint density at radius 2 is 2.22 bits per heavy atom. The minimum atomic E-state index is -0.218. The molecule has 0 bridgehead atoms. The van der Waals surface area contributed by atoms with Gasteiger partial charge in [0.1, 0.15) is 11.4 Å². The molecule has 1 atom stereocenters. The van der Waals surface area contributed by atoms with Gasteiger partial charge in [-0.1, -0.05) is 23.9 Å². The summed E-state index contributed by atoms with van der Waals surface area (Å²) in [7, 11) is 1.59. The van der Waals surface area contributed by atoms with Crippen molar-refractivity contribution >= 4 is 11.8 Å². The summed E-state index contributed by atoms with van der Waals surface area (Å²) in [6.45, 7) is 1.80. The van der Waals surface area contributed by atoms with Crippen molar-refractivity contribution < 1.29 is 4.74 Å². The second-order valence-corrected chi connectivity index (χ2v) is 4.74. The van der Waals surface area contributed by atoms with Gasteiger partial charge >= 0.3 is 0 Å². The van der Waals surface area contributed by atoms with Crippen molar-refractivity contribution in [1.29, 1.82) is 5.26 Å². The van der Waals surface area contributed by atoms with Gasteiger partial charge in [-0.25, -0.2) is 0 Å². The Kier molecular flexibility index (Phi) is 3.79. The Morgan fingerprint density at radius 3 is 2.94 bits per heavy atom. The molecule has 0 saturated heterocycles. The Labute approximate surface area is 109 Å². The van der Waals surface area contributed by atoms with Crippen molar-refractivity contribution in [3.05, 3.63) is 24.3 Å². The number of methoxy groups -OCH3 is 1. The molecule has 0 N–H and O–H groups in total. The highest BCUT2D eigenvalue weighted by Crippen LogP contribution is 2.27. The second kappa shape index (κ2) is 5.51. The number of rotatable bonds is 4. The Bertz CT molecular complexity index is 577. The minimum absolute atomic E-state index is 0.218. The molecule has 0 amide bonds. The molecular formula is C11H11N5OS. The summed E-state index contributed by atoms with van der Waals surface area (Å²) >= 11 is 1.30. The standard InChI is InChI=1S/C11H11N5OS/c1-8(7-12)18-11-13-14-15-16(11)9-5-3-4-6-10(9)17-2/h3-6,8H,1-2H3/t8-/m0/s1. The first-order valence-corrected chi connectivity index (χ1v) is 6.12. The number of tetrazole rings is 1. The van der Waals surface area contributed by atoms with E-state index < -0.39 is 0 Å². The molecule has 0 saturated carbocycles. The number of nitrogens with zero attached hydrogens (tertiary/aromatic N) is 5. The summed E-state index contributed by atoms with van der Waals surface area (Å²) in [6.07, 6.45) is 0. The summed E-state index contributed by atoms with van der Waals surface area (Å²) in [6, 6.07) is 9.57. The summed E-state index contributed by atoms with van der Waals surface area (Å²) in [4.78, 5) is 0. The van der Waals surface area contributed by atoms with Gasteiger partial charge in [0.25, 0.3) is 0 Å². The largest absolute Gasteiger partial charge is 0.494 e. The topological polar surface area (TPSA) is 76.6 Å². The molecule has 2 aromatic rings. The number of thioether (sulfide) groups is 1. The molecule has 1 heterocycles. The van der Waals surface area contributed by atoms with Gasteiger partial charge in [-0.05, 0) is 29.5 Å². The molecule has 0 aliphatic heterocycles. The van der Waals surface area contributed by atoms with Crippen molar-refractivity contribution in [3.63, 3.8) is 0 Å². The lowest BCUT2D eigenvalue weighted by molar-refractivity contribution is 0.410. The summed E-state index contributed by atoms with van der Waals surface area (Å²) in [5.74, 6) is 0.677. The third-order valence-corrected chi connectivity index (χ3v) is 3.14. The maximum absolute atomic E-state index is 8.82. The molecule has 0 fully saturated rings. The fourth-order valence-electron chi connectivity index (χ4n) is 1.39. The van der Waals surface area contributed by atoms with Gasteiger partial charge in [-0.15, -0.1) is 5.10 Å². The first kappa shape index (κ1) is 12.4. The smallest absolute Gasteiger partial charge is 0.215 e. The van der Waals surface area contributed by atoms with Crippen LogP contribution in [0.25, 0.3) is 5.69 Å². The molecule has 0 unspecified atom stereocenters. The SMILES string of the molecule is COc1ccccc1-n1nnnc1S[C@@H](C)C#N. The lowest BCUT2D eigenvalue weighted by atomic mass is 10.3. The average molecular weight is 261 g/mol. The van der Waals surface area contributed by atoms with E-state index >= 15 is 0 Å². The molecule has 92 valence electrons. The molecule has 18 heavy (non-hydrogen) atoms. The van der Waals surface area contributed by atoms with Gasteiger partial charge in [0.2, 0.25) is 5.16 Å². The van der Waals surface area contributed by atoms with Crippen LogP contribution in [-0.4, -0.2) is 32.6 Å². The lowest BCUT2D eigenvalue weighted by Crippen LogP contribution is -2.03. The van der Waals surface area contributed by atoms with Crippen LogP contribution in [0, 0.1) is 11.3 Å². The van der Waals surface area contributed by atoms with Crippen molar-refractivity contribution in [2.75, 3.05) is 7.11 Å². The van der Waals surface area contributed by atoms with Crippen molar-refractivity contribution in [2.24, 2.45) is 0 Å². The van der Waals surface area contributed by atoms with Crippen LogP contribution < -0.4 is 4.74 Å². The van der Waals surface area contributed by atoms with Gasteiger partial charge < -0.3 is 4.74 Å². The predicted molar refractivity (Wildman–Crippen MR) is 66.6 cm³/mol. The summed E-state index contributed by atoms with van der Waals surface area (Å²) < 4.78 is 6.83. The van der Waals surface area contributed by atoms with Gasteiger partial charge in [-0.3, -0.25) is 0 Å². The molecule has 0 aliphatic rings. The zero-order valence-corrected chi connectivity index (χ0v) is 10.8. The molecule has 0 aliphatic carbocycles. The molecule has 7 heteroatoms. The number of hydrogen-bond donors (Lipinski definition) is 0. The van der Waals surface area contributed by atoms with Gasteiger partial charge in [-0.2, -0.15) is 9.94 Å². The van der Waals surface area contributed by atoms with Gasteiger partial charge in [0.15, 0.2) is 0 Å². The first-order valence-electron chi connectivity index (χ1n) is 5.24. The van der Waals surface area contributed by atoms with E-state index in [2.05, 4.69) is 21.6 Å². The van der Waals surface area contributed by atoms with Crippen LogP contribution in [-0.2, 0) is 0 Å². The Balaban J connectivity index is 2.40. The lowest BCUT2D eigenvalue weighted by Gasteiger charge is -2.09. The molecule has 0 radical (unpaired) electrons. The quantitative estimate of drug-likeness (QED) is 0.779. The summed E-state index contributed by atoms with van der Waals surface area (Å²) in [5, 5.41) is 20.6. The third-order valence-electron chi connectivity index (χ3n) is 2.22. The van der Waals surface area contributed by atoms with Crippen molar-refractivity contribution in [1.82, 2.24) is 20.2 Å². The summed E-state index contributed by atoms with van der Waals surface area (Å²) in [5.41, 5.74) is 0.748. The normalized spacial score (nSPS) is 11.8. The monoisotopic (exact) mass is 261 g/mol. The highest BCUT2D eigenvalue weighted by molar-refractivity contribution is 8.00. The average Bonchev–Trinajstić information content (AvgIpc) is 2.86. The molecule has 0 spiro atoms. The predicted octanol–water partition coefficient (Wildman–Crippen LogP) is 1.68. The van der Waals surface area contributed by atoms with Crippen LogP contribution in [0.2, 0.25) is 0 Å². The second-order valence-electron chi connectivity index (χ2n) is 3.43. The maximum atomic E-state index is 8.82. The van der Waals surface area contributed by atoms with E-state index in [9.17, 15) is 0 Å². The highest BCUT2D eigenvalue weighted by atomic mass is 32.2. The van der Waals surface area contributed by atoms with E-state index in [1.54, 1.807) is 18.7 Å². The number of hydrogen-bond acceptors (Lipinski definition) is 6. The Morgan fingerprint density at radius 1 is 1.44 bits per heavy atom. The van der Waals surface area contributed by atoms with Crippen LogP contribution in [0.4, 0.5) is 0 Å². The zero-order chi connectivity index (χ0) is 13.0. The number of nitriles is 1. The zero-order valence-electron chi connectivity index (χ0n) is 9.94. The number of benzene rings is 1. The van der Waals surface area contributed by atoms with Crippen LogP contribution in [0.1, 0.15) is 6.92 Å². The van der Waals surface area contributed by atoms with E-state index in [4.69, 9.17) is 10.00 Å². The van der Waals surface area contributed by atoms with E-state index in [1.807, 2.05) is 24.3 Å². The third kappa shape index (κ3) is 2.43. The van der Waals surface area contributed by atoms with E-state index in [-0.39, 0.29) is 5.25 Å². The number of aromatic nitrogens is 4. The maximum Gasteiger partial charge on any atom is 0.215 e. The first-order chi connectivity index (χ1) is 8.76. The number of ether oxygens (including phenoxy) is 1. The van der Waals surface area contributed by atoms with E-state index in [0.717, 1.165) is 5.69 Å². The minimum Gasteiger partial charge on any atom is -0.494 e. The van der Waals surface area contributed by atoms with Crippen LogP contribution >= 0.6 is 11.8 Å². The molecule has 2 rings (SSSR count). The van der Waals surface area contributed by atoms with Crippen LogP contribution in [0.3, 0.4) is 0 Å². The van der Waals surface area contributed by atoms with Crippen molar-refractivity contribution in [3.8, 4) is 17.5 Å². The van der Waals surface area contributed by atoms with E-state index in [0.29, 0.717) is 10.9 Å². The van der Waals surface area contributed by atoms with Crippen LogP contribution in [0.5, 0.6) is 5.75 Å². The van der Waals surface area contributed by atoms with E-state index in [1.165, 1.54) is 11.8 Å². The molecule has 1 aromatic carbocycles. The number of para-hydroxylation sites is 2. The molecular weight excluding hydrogens is 250 g/mol. The molecule has 1 aromatic heterocycles. The highest BCUT2D eigenvalue weighted by Gasteiger charge is 2.15. The van der Waals surface area contributed by atoms with Crippen LogP contribution in [0.15, 0.2) is 29.4 Å².